The Morgan fingerprint density at radius 1 is 1.05 bits per heavy atom. The van der Waals surface area contributed by atoms with Crippen LogP contribution < -0.4 is 10.6 Å². The van der Waals surface area contributed by atoms with Crippen LogP contribution in [0.25, 0.3) is 0 Å². The molecule has 0 aromatic rings. The number of carbonyl (C=O) groups is 1. The summed E-state index contributed by atoms with van der Waals surface area (Å²) >= 11 is 0. The standard InChI is InChI=1S/C15H28N2O2/c1-2-11-5-3-4-6-14(11)17-15(19)16-12-7-9-13(18)10-8-12/h11-14,18H,2-10H2,1H3,(H2,16,17,19). The molecule has 0 bridgehead atoms. The van der Waals surface area contributed by atoms with E-state index in [4.69, 9.17) is 0 Å². The summed E-state index contributed by atoms with van der Waals surface area (Å²) in [5.41, 5.74) is 0. The summed E-state index contributed by atoms with van der Waals surface area (Å²) in [4.78, 5) is 12.0. The van der Waals surface area contributed by atoms with Gasteiger partial charge >= 0.3 is 6.03 Å². The predicted octanol–water partition coefficient (Wildman–Crippen LogP) is 2.56. The molecule has 0 aromatic heterocycles. The molecule has 0 heterocycles. The van der Waals surface area contributed by atoms with Gasteiger partial charge in [0.05, 0.1) is 6.10 Å². The monoisotopic (exact) mass is 268 g/mol. The molecule has 4 heteroatoms. The van der Waals surface area contributed by atoms with Crippen molar-refractivity contribution in [2.45, 2.75) is 82.9 Å². The molecule has 2 unspecified atom stereocenters. The van der Waals surface area contributed by atoms with E-state index in [9.17, 15) is 9.90 Å². The first-order chi connectivity index (χ1) is 9.19. The molecular weight excluding hydrogens is 240 g/mol. The SMILES string of the molecule is CCC1CCCCC1NC(=O)NC1CCC(O)CC1. The van der Waals surface area contributed by atoms with Crippen LogP contribution in [-0.2, 0) is 0 Å². The number of hydrogen-bond donors (Lipinski definition) is 3. The third-order valence-electron chi connectivity index (χ3n) is 4.78. The van der Waals surface area contributed by atoms with Gasteiger partial charge in [-0.2, -0.15) is 0 Å². The lowest BCUT2D eigenvalue weighted by molar-refractivity contribution is 0.117. The zero-order valence-electron chi connectivity index (χ0n) is 12.0. The van der Waals surface area contributed by atoms with Gasteiger partial charge in [-0.3, -0.25) is 0 Å². The van der Waals surface area contributed by atoms with Crippen LogP contribution in [0.1, 0.15) is 64.7 Å². The second-order valence-corrected chi connectivity index (χ2v) is 6.18. The Morgan fingerprint density at radius 3 is 2.42 bits per heavy atom. The van der Waals surface area contributed by atoms with Gasteiger partial charge in [0.25, 0.3) is 0 Å². The summed E-state index contributed by atoms with van der Waals surface area (Å²) in [5, 5.41) is 15.7. The van der Waals surface area contributed by atoms with E-state index in [-0.39, 0.29) is 18.2 Å². The second kappa shape index (κ2) is 7.13. The molecule has 2 saturated carbocycles. The lowest BCUT2D eigenvalue weighted by atomic mass is 9.83. The Balaban J connectivity index is 1.74. The van der Waals surface area contributed by atoms with Crippen LogP contribution in [0.5, 0.6) is 0 Å². The van der Waals surface area contributed by atoms with Crippen molar-refractivity contribution < 1.29 is 9.90 Å². The zero-order chi connectivity index (χ0) is 13.7. The zero-order valence-corrected chi connectivity index (χ0v) is 12.0. The molecule has 0 aliphatic heterocycles. The first-order valence-corrected chi connectivity index (χ1v) is 7.94. The minimum absolute atomic E-state index is 0.00765. The van der Waals surface area contributed by atoms with Gasteiger partial charge in [0.2, 0.25) is 0 Å². The Morgan fingerprint density at radius 2 is 1.74 bits per heavy atom. The highest BCUT2D eigenvalue weighted by atomic mass is 16.3. The molecule has 2 amide bonds. The number of carbonyl (C=O) groups excluding carboxylic acids is 1. The smallest absolute Gasteiger partial charge is 0.315 e. The molecule has 0 aromatic carbocycles. The van der Waals surface area contributed by atoms with Crippen LogP contribution in [-0.4, -0.2) is 29.3 Å². The summed E-state index contributed by atoms with van der Waals surface area (Å²) in [6.45, 7) is 2.21. The number of urea groups is 1. The quantitative estimate of drug-likeness (QED) is 0.736. The van der Waals surface area contributed by atoms with Gasteiger partial charge in [-0.25, -0.2) is 4.79 Å². The topological polar surface area (TPSA) is 61.4 Å². The molecule has 2 fully saturated rings. The molecule has 0 radical (unpaired) electrons. The van der Waals surface area contributed by atoms with E-state index in [1.54, 1.807) is 0 Å². The summed E-state index contributed by atoms with van der Waals surface area (Å²) in [6.07, 6.45) is 9.32. The molecule has 2 aliphatic rings. The van der Waals surface area contributed by atoms with Crippen molar-refractivity contribution in [3.63, 3.8) is 0 Å². The van der Waals surface area contributed by atoms with Gasteiger partial charge < -0.3 is 15.7 Å². The second-order valence-electron chi connectivity index (χ2n) is 6.18. The maximum atomic E-state index is 12.0. The molecule has 2 rings (SSSR count). The van der Waals surface area contributed by atoms with E-state index in [1.807, 2.05) is 0 Å². The van der Waals surface area contributed by atoms with E-state index in [0.29, 0.717) is 12.0 Å². The van der Waals surface area contributed by atoms with Crippen LogP contribution in [0, 0.1) is 5.92 Å². The molecule has 2 atom stereocenters. The lowest BCUT2D eigenvalue weighted by Crippen LogP contribution is -2.50. The predicted molar refractivity (Wildman–Crippen MR) is 76.0 cm³/mol. The normalized spacial score (nSPS) is 35.7. The summed E-state index contributed by atoms with van der Waals surface area (Å²) in [6, 6.07) is 0.590. The van der Waals surface area contributed by atoms with Crippen LogP contribution in [0.4, 0.5) is 4.79 Å². The number of hydrogen-bond acceptors (Lipinski definition) is 2. The van der Waals surface area contributed by atoms with Crippen molar-refractivity contribution in [3.05, 3.63) is 0 Å². The maximum absolute atomic E-state index is 12.0. The molecule has 0 saturated heterocycles. The highest BCUT2D eigenvalue weighted by molar-refractivity contribution is 5.74. The average Bonchev–Trinajstić information content (AvgIpc) is 2.42. The first-order valence-electron chi connectivity index (χ1n) is 7.94. The van der Waals surface area contributed by atoms with Gasteiger partial charge in [0.1, 0.15) is 0 Å². The Hall–Kier alpha value is -0.770. The van der Waals surface area contributed by atoms with E-state index < -0.39 is 0 Å². The minimum Gasteiger partial charge on any atom is -0.393 e. The fourth-order valence-corrected chi connectivity index (χ4v) is 3.50. The summed E-state index contributed by atoms with van der Waals surface area (Å²) in [5.74, 6) is 0.646. The fourth-order valence-electron chi connectivity index (χ4n) is 3.50. The number of rotatable bonds is 3. The van der Waals surface area contributed by atoms with Crippen LogP contribution >= 0.6 is 0 Å². The van der Waals surface area contributed by atoms with Crippen molar-refractivity contribution in [1.29, 1.82) is 0 Å². The maximum Gasteiger partial charge on any atom is 0.315 e. The average molecular weight is 268 g/mol. The van der Waals surface area contributed by atoms with Crippen LogP contribution in [0.3, 0.4) is 0 Å². The van der Waals surface area contributed by atoms with E-state index >= 15 is 0 Å². The highest BCUT2D eigenvalue weighted by Crippen LogP contribution is 2.26. The summed E-state index contributed by atoms with van der Waals surface area (Å²) in [7, 11) is 0. The van der Waals surface area contributed by atoms with Gasteiger partial charge in [0.15, 0.2) is 0 Å². The van der Waals surface area contributed by atoms with Crippen molar-refractivity contribution in [1.82, 2.24) is 10.6 Å². The van der Waals surface area contributed by atoms with Crippen molar-refractivity contribution >= 4 is 6.03 Å². The molecule has 0 spiro atoms. The van der Waals surface area contributed by atoms with Crippen molar-refractivity contribution in [2.24, 2.45) is 5.92 Å². The first kappa shape index (κ1) is 14.6. The highest BCUT2D eigenvalue weighted by Gasteiger charge is 2.26. The molecule has 4 nitrogen and oxygen atoms in total. The van der Waals surface area contributed by atoms with E-state index in [1.165, 1.54) is 19.3 Å². The molecule has 2 aliphatic carbocycles. The molecular formula is C15H28N2O2. The number of amides is 2. The van der Waals surface area contributed by atoms with E-state index in [0.717, 1.165) is 38.5 Å². The Kier molecular flexibility index (Phi) is 5.49. The lowest BCUT2D eigenvalue weighted by Gasteiger charge is -2.33. The van der Waals surface area contributed by atoms with Gasteiger partial charge in [-0.15, -0.1) is 0 Å². The number of aliphatic hydroxyl groups excluding tert-OH is 1. The van der Waals surface area contributed by atoms with Crippen LogP contribution in [0.15, 0.2) is 0 Å². The van der Waals surface area contributed by atoms with Gasteiger partial charge in [0, 0.05) is 12.1 Å². The van der Waals surface area contributed by atoms with Gasteiger partial charge in [-0.1, -0.05) is 26.2 Å². The van der Waals surface area contributed by atoms with Crippen molar-refractivity contribution in [3.8, 4) is 0 Å². The van der Waals surface area contributed by atoms with Gasteiger partial charge in [-0.05, 0) is 44.4 Å². The number of aliphatic hydroxyl groups is 1. The fraction of sp³-hybridized carbons (Fsp3) is 0.933. The Labute approximate surface area is 116 Å². The van der Waals surface area contributed by atoms with Crippen molar-refractivity contribution in [2.75, 3.05) is 0 Å². The number of nitrogens with one attached hydrogen (secondary N) is 2. The minimum atomic E-state index is -0.163. The molecule has 3 N–H and O–H groups in total. The third kappa shape index (κ3) is 4.37. The largest absolute Gasteiger partial charge is 0.393 e. The Bertz CT molecular complexity index is 288. The third-order valence-corrected chi connectivity index (χ3v) is 4.78. The van der Waals surface area contributed by atoms with E-state index in [2.05, 4.69) is 17.6 Å². The summed E-state index contributed by atoms with van der Waals surface area (Å²) < 4.78 is 0. The van der Waals surface area contributed by atoms with Crippen LogP contribution in [0.2, 0.25) is 0 Å². The molecule has 19 heavy (non-hydrogen) atoms. The molecule has 110 valence electrons.